The summed E-state index contributed by atoms with van der Waals surface area (Å²) in [6.07, 6.45) is 0. The Hall–Kier alpha value is -3.62. The summed E-state index contributed by atoms with van der Waals surface area (Å²) >= 11 is 6.08. The van der Waals surface area contributed by atoms with E-state index in [-0.39, 0.29) is 10.5 Å². The zero-order chi connectivity index (χ0) is 22.7. The van der Waals surface area contributed by atoms with Crippen LogP contribution in [0.4, 0.5) is 5.69 Å². The van der Waals surface area contributed by atoms with Crippen molar-refractivity contribution < 1.29 is 13.2 Å². The van der Waals surface area contributed by atoms with E-state index in [0.717, 1.165) is 0 Å². The number of aromatic nitrogens is 2. The molecule has 0 saturated heterocycles. The van der Waals surface area contributed by atoms with Crippen molar-refractivity contribution in [3.63, 3.8) is 0 Å². The van der Waals surface area contributed by atoms with Gasteiger partial charge in [0.25, 0.3) is 15.6 Å². The minimum absolute atomic E-state index is 0.0813. The number of nitrogens with one attached hydrogen (secondary N) is 2. The van der Waals surface area contributed by atoms with Crippen molar-refractivity contribution in [3.8, 4) is 22.9 Å². The summed E-state index contributed by atoms with van der Waals surface area (Å²) in [7, 11) is -3.81. The molecule has 2 N–H and O–H groups in total. The molecule has 0 aliphatic heterocycles. The third-order valence-electron chi connectivity index (χ3n) is 4.48. The quantitative estimate of drug-likeness (QED) is 0.416. The predicted molar refractivity (Wildman–Crippen MR) is 124 cm³/mol. The van der Waals surface area contributed by atoms with Crippen LogP contribution in [0, 0.1) is 6.92 Å². The number of aryl methyl sites for hydroxylation is 1. The fourth-order valence-corrected chi connectivity index (χ4v) is 4.20. The van der Waals surface area contributed by atoms with Crippen LogP contribution in [0.5, 0.6) is 11.5 Å². The molecule has 32 heavy (non-hydrogen) atoms. The summed E-state index contributed by atoms with van der Waals surface area (Å²) in [5.74, 6) is 1.35. The van der Waals surface area contributed by atoms with E-state index in [4.69, 9.17) is 16.3 Å². The van der Waals surface area contributed by atoms with E-state index in [9.17, 15) is 13.2 Å². The summed E-state index contributed by atoms with van der Waals surface area (Å²) in [6, 6.07) is 21.0. The van der Waals surface area contributed by atoms with E-state index in [1.807, 2.05) is 0 Å². The van der Waals surface area contributed by atoms with Gasteiger partial charge in [-0.2, -0.15) is 0 Å². The Morgan fingerprint density at radius 2 is 1.66 bits per heavy atom. The fraction of sp³-hybridized carbons (Fsp3) is 0.0435. The smallest absolute Gasteiger partial charge is 0.261 e. The van der Waals surface area contributed by atoms with Crippen molar-refractivity contribution in [2.24, 2.45) is 0 Å². The van der Waals surface area contributed by atoms with Crippen LogP contribution < -0.4 is 15.0 Å². The van der Waals surface area contributed by atoms with Gasteiger partial charge in [0.2, 0.25) is 0 Å². The van der Waals surface area contributed by atoms with Gasteiger partial charge in [0.15, 0.2) is 0 Å². The number of ether oxygens (including phenoxy) is 1. The maximum atomic E-state index is 12.7. The fourth-order valence-electron chi connectivity index (χ4n) is 2.97. The van der Waals surface area contributed by atoms with Gasteiger partial charge >= 0.3 is 0 Å². The van der Waals surface area contributed by atoms with Crippen LogP contribution in [0.1, 0.15) is 5.69 Å². The topological polar surface area (TPSA) is 101 Å². The molecule has 0 aliphatic carbocycles. The Morgan fingerprint density at radius 3 is 2.31 bits per heavy atom. The van der Waals surface area contributed by atoms with Gasteiger partial charge in [-0.15, -0.1) is 0 Å². The van der Waals surface area contributed by atoms with Crippen LogP contribution in [-0.4, -0.2) is 18.4 Å². The molecule has 0 saturated carbocycles. The molecule has 0 amide bonds. The van der Waals surface area contributed by atoms with Crippen molar-refractivity contribution in [2.75, 3.05) is 4.72 Å². The molecule has 1 aromatic heterocycles. The Labute approximate surface area is 189 Å². The second-order valence-electron chi connectivity index (χ2n) is 6.92. The Balaban J connectivity index is 1.49. The van der Waals surface area contributed by atoms with Gasteiger partial charge in [0.1, 0.15) is 17.3 Å². The van der Waals surface area contributed by atoms with Crippen molar-refractivity contribution in [2.45, 2.75) is 11.8 Å². The molecule has 0 aliphatic rings. The largest absolute Gasteiger partial charge is 0.456 e. The van der Waals surface area contributed by atoms with Gasteiger partial charge in [-0.25, -0.2) is 13.4 Å². The van der Waals surface area contributed by atoms with E-state index in [1.165, 1.54) is 18.2 Å². The molecule has 3 aromatic carbocycles. The molecule has 0 unspecified atom stereocenters. The highest BCUT2D eigenvalue weighted by atomic mass is 35.5. The SMILES string of the molecule is Cc1cc(=O)[nH]c(-c2ccc(NS(=O)(=O)c3ccc(Oc4ccccc4Cl)cc3)cc2)n1. The summed E-state index contributed by atoms with van der Waals surface area (Å²) < 4.78 is 33.7. The predicted octanol–water partition coefficient (Wildman–Crippen LogP) is 4.99. The van der Waals surface area contributed by atoms with Crippen LogP contribution in [0.25, 0.3) is 11.4 Å². The van der Waals surface area contributed by atoms with Gasteiger partial charge in [-0.05, 0) is 67.6 Å². The monoisotopic (exact) mass is 467 g/mol. The lowest BCUT2D eigenvalue weighted by Crippen LogP contribution is -2.13. The number of anilines is 1. The molecule has 9 heteroatoms. The van der Waals surface area contributed by atoms with E-state index >= 15 is 0 Å². The highest BCUT2D eigenvalue weighted by Crippen LogP contribution is 2.29. The first-order chi connectivity index (χ1) is 15.3. The summed E-state index contributed by atoms with van der Waals surface area (Å²) in [5, 5.41) is 0.458. The maximum Gasteiger partial charge on any atom is 0.261 e. The molecule has 1 heterocycles. The summed E-state index contributed by atoms with van der Waals surface area (Å²) in [4.78, 5) is 18.7. The number of hydrogen-bond donors (Lipinski definition) is 2. The Kier molecular flexibility index (Phi) is 5.98. The standard InChI is InChI=1S/C23H18ClN3O4S/c1-15-14-22(28)26-23(25-15)16-6-8-17(9-7-16)27-32(29,30)19-12-10-18(11-13-19)31-21-5-3-2-4-20(21)24/h2-14,27H,1H3,(H,25,26,28). The van der Waals surface area contributed by atoms with Gasteiger partial charge in [-0.3, -0.25) is 9.52 Å². The van der Waals surface area contributed by atoms with Crippen molar-refractivity contribution in [1.29, 1.82) is 0 Å². The zero-order valence-electron chi connectivity index (χ0n) is 16.9. The maximum absolute atomic E-state index is 12.7. The van der Waals surface area contributed by atoms with Gasteiger partial charge in [0, 0.05) is 23.0 Å². The molecule has 0 spiro atoms. The molecule has 4 rings (SSSR count). The average Bonchev–Trinajstić information content (AvgIpc) is 2.75. The molecule has 7 nitrogen and oxygen atoms in total. The molecular formula is C23H18ClN3O4S. The number of sulfonamides is 1. The third-order valence-corrected chi connectivity index (χ3v) is 6.19. The number of benzene rings is 3. The van der Waals surface area contributed by atoms with Crippen LogP contribution in [0.3, 0.4) is 0 Å². The molecule has 0 atom stereocenters. The van der Waals surface area contributed by atoms with Gasteiger partial charge in [-0.1, -0.05) is 23.7 Å². The van der Waals surface area contributed by atoms with Gasteiger partial charge < -0.3 is 9.72 Å². The molecule has 162 valence electrons. The number of hydrogen-bond acceptors (Lipinski definition) is 5. The second kappa shape index (κ2) is 8.86. The van der Waals surface area contributed by atoms with E-state index in [0.29, 0.717) is 39.3 Å². The molecular weight excluding hydrogens is 450 g/mol. The van der Waals surface area contributed by atoms with Crippen molar-refractivity contribution >= 4 is 27.3 Å². The molecule has 0 radical (unpaired) electrons. The van der Waals surface area contributed by atoms with E-state index in [1.54, 1.807) is 67.6 Å². The highest BCUT2D eigenvalue weighted by molar-refractivity contribution is 7.92. The Bertz CT molecular complexity index is 1420. The number of H-pyrrole nitrogens is 1. The lowest BCUT2D eigenvalue weighted by Gasteiger charge is -2.11. The third kappa shape index (κ3) is 4.99. The molecule has 4 aromatic rings. The Morgan fingerprint density at radius 1 is 0.969 bits per heavy atom. The normalized spacial score (nSPS) is 11.2. The number of halogens is 1. The van der Waals surface area contributed by atoms with Crippen LogP contribution in [0.2, 0.25) is 5.02 Å². The van der Waals surface area contributed by atoms with Crippen LogP contribution >= 0.6 is 11.6 Å². The lowest BCUT2D eigenvalue weighted by molar-refractivity contribution is 0.482. The van der Waals surface area contributed by atoms with Crippen molar-refractivity contribution in [1.82, 2.24) is 9.97 Å². The first kappa shape index (κ1) is 21.6. The lowest BCUT2D eigenvalue weighted by atomic mass is 10.2. The van der Waals surface area contributed by atoms with Crippen molar-refractivity contribution in [3.05, 3.63) is 99.9 Å². The number of para-hydroxylation sites is 1. The molecule has 0 fully saturated rings. The minimum atomic E-state index is -3.81. The summed E-state index contributed by atoms with van der Waals surface area (Å²) in [6.45, 7) is 1.73. The number of nitrogens with zero attached hydrogens (tertiary/aromatic N) is 1. The van der Waals surface area contributed by atoms with E-state index < -0.39 is 10.0 Å². The average molecular weight is 468 g/mol. The van der Waals surface area contributed by atoms with E-state index in [2.05, 4.69) is 14.7 Å². The number of rotatable bonds is 6. The number of aromatic amines is 1. The molecule has 0 bridgehead atoms. The zero-order valence-corrected chi connectivity index (χ0v) is 18.4. The minimum Gasteiger partial charge on any atom is -0.456 e. The highest BCUT2D eigenvalue weighted by Gasteiger charge is 2.15. The van der Waals surface area contributed by atoms with Crippen LogP contribution in [-0.2, 0) is 10.0 Å². The van der Waals surface area contributed by atoms with Crippen LogP contribution in [0.15, 0.2) is 88.6 Å². The summed E-state index contributed by atoms with van der Waals surface area (Å²) in [5.41, 5.74) is 1.38. The van der Waals surface area contributed by atoms with Gasteiger partial charge in [0.05, 0.1) is 9.92 Å². The first-order valence-electron chi connectivity index (χ1n) is 9.54. The first-order valence-corrected chi connectivity index (χ1v) is 11.4. The second-order valence-corrected chi connectivity index (χ2v) is 9.01.